The number of carbonyl (C=O) groups is 2. The highest BCUT2D eigenvalue weighted by molar-refractivity contribution is 7.47. The van der Waals surface area contributed by atoms with Crippen LogP contribution in [-0.4, -0.2) is 137 Å². The van der Waals surface area contributed by atoms with Crippen LogP contribution in [0.5, 0.6) is 0 Å². The minimum absolute atomic E-state index is 0.0351. The Hall–Kier alpha value is -2.68. The molecule has 0 aromatic rings. The number of allylic oxidation sites excluding steroid dienone is 10. The fourth-order valence-electron chi connectivity index (χ4n) is 8.27. The van der Waals surface area contributed by atoms with Gasteiger partial charge in [-0.1, -0.05) is 138 Å². The monoisotopic (exact) mass is 1060 g/mol. The molecular formula is C51H86O19P2. The van der Waals surface area contributed by atoms with E-state index < -0.39 is 120 Å². The summed E-state index contributed by atoms with van der Waals surface area (Å²) >= 11 is 0. The number of fused-ring (bicyclic) bond motifs is 4. The third kappa shape index (κ3) is 28.3. The maximum atomic E-state index is 13.7. The van der Waals surface area contributed by atoms with Crippen molar-refractivity contribution < 1.29 is 92.2 Å². The molecule has 1 heterocycles. The second-order valence-electron chi connectivity index (χ2n) is 18.5. The van der Waals surface area contributed by atoms with Gasteiger partial charge in [-0.25, -0.2) is 9.13 Å². The van der Waals surface area contributed by atoms with Crippen LogP contribution >= 0.6 is 15.6 Å². The van der Waals surface area contributed by atoms with Gasteiger partial charge in [-0.15, -0.1) is 0 Å². The van der Waals surface area contributed by atoms with Crippen LogP contribution in [0.4, 0.5) is 0 Å². The number of hydrogen-bond acceptors (Lipinski definition) is 16. The topological polar surface area (TPSA) is 317 Å². The molecule has 19 nitrogen and oxygen atoms in total. The Labute approximate surface area is 426 Å². The maximum absolute atomic E-state index is 13.7. The van der Waals surface area contributed by atoms with Crippen molar-refractivity contribution in [3.63, 3.8) is 0 Å². The molecule has 0 amide bonds. The Kier molecular flexibility index (Phi) is 33.7. The zero-order valence-electron chi connectivity index (χ0n) is 42.2. The van der Waals surface area contributed by atoms with E-state index in [1.165, 1.54) is 25.3 Å². The Bertz CT molecular complexity index is 1780. The lowest BCUT2D eigenvalue weighted by Gasteiger charge is -2.39. The van der Waals surface area contributed by atoms with Crippen molar-refractivity contribution in [3.8, 4) is 0 Å². The van der Waals surface area contributed by atoms with Crippen LogP contribution in [0.3, 0.4) is 0 Å². The first kappa shape index (κ1) is 65.4. The lowest BCUT2D eigenvalue weighted by atomic mass is 9.82. The number of esters is 2. The van der Waals surface area contributed by atoms with Crippen molar-refractivity contribution in [1.82, 2.24) is 0 Å². The summed E-state index contributed by atoms with van der Waals surface area (Å²) in [7, 11) is -11.5. The number of carbonyl (C=O) groups excluding carboxylic acids is 2. The molecular weight excluding hydrogens is 978 g/mol. The Morgan fingerprint density at radius 3 is 1.96 bits per heavy atom. The summed E-state index contributed by atoms with van der Waals surface area (Å²) in [5.74, 6) is -4.47. The zero-order valence-corrected chi connectivity index (χ0v) is 43.9. The van der Waals surface area contributed by atoms with Gasteiger partial charge in [-0.3, -0.25) is 23.2 Å². The number of aliphatic hydroxyl groups is 7. The van der Waals surface area contributed by atoms with E-state index >= 15 is 0 Å². The van der Waals surface area contributed by atoms with Crippen LogP contribution < -0.4 is 0 Å². The van der Waals surface area contributed by atoms with Gasteiger partial charge in [0.15, 0.2) is 6.10 Å². The maximum Gasteiger partial charge on any atom is 0.472 e. The second-order valence-corrected chi connectivity index (χ2v) is 21.1. The highest BCUT2D eigenvalue weighted by Gasteiger charge is 2.51. The van der Waals surface area contributed by atoms with Crippen molar-refractivity contribution in [2.24, 2.45) is 11.8 Å². The lowest BCUT2D eigenvalue weighted by Crippen LogP contribution is -2.56. The molecule has 21 heteroatoms. The summed E-state index contributed by atoms with van der Waals surface area (Å²) in [4.78, 5) is 56.8. The minimum atomic E-state index is -5.77. The van der Waals surface area contributed by atoms with E-state index in [2.05, 4.69) is 43.4 Å². The van der Waals surface area contributed by atoms with Crippen LogP contribution in [0, 0.1) is 11.8 Å². The second kappa shape index (κ2) is 37.1. The lowest BCUT2D eigenvalue weighted by molar-refractivity contribution is -0.166. The highest BCUT2D eigenvalue weighted by atomic mass is 31.2. The fraction of sp³-hybridized carbons (Fsp3) is 0.725. The number of rotatable bonds is 25. The van der Waals surface area contributed by atoms with Crippen molar-refractivity contribution in [1.29, 1.82) is 0 Å². The normalized spacial score (nSPS) is 30.9. The summed E-state index contributed by atoms with van der Waals surface area (Å²) in [5.41, 5.74) is 0. The van der Waals surface area contributed by atoms with E-state index in [1.807, 2.05) is 25.2 Å². The number of ether oxygens (including phenoxy) is 2. The third-order valence-electron chi connectivity index (χ3n) is 12.4. The molecule has 1 aliphatic carbocycles. The van der Waals surface area contributed by atoms with Crippen molar-refractivity contribution in [2.45, 2.75) is 210 Å². The van der Waals surface area contributed by atoms with Gasteiger partial charge in [-0.05, 0) is 64.2 Å². The summed E-state index contributed by atoms with van der Waals surface area (Å²) in [6.45, 7) is 2.52. The quantitative estimate of drug-likeness (QED) is 0.0195. The number of cyclic esters (lactones) is 1. The molecule has 2 bridgehead atoms. The zero-order chi connectivity index (χ0) is 53.4. The average molecular weight is 1070 g/mol. The molecule has 2 rings (SSSR count). The Morgan fingerprint density at radius 1 is 0.764 bits per heavy atom. The standard InChI is InChI=1S/C51H86O19P2/c1-3-5-7-8-9-10-11-12-13-14-15-16-17-18-19-20-21-22-27-31-44(55)66-36-39-37-67-72(64,65)70-51-49(60)48(59)46(57)40(30-26-23-24-28-32-45(56)68-39)42(53)35-43(54)41(34-33-38(52)29-25-6-4-2)47(58)50(51)69-71(61,62)63/h9-10,12-13,15-16,18-19,21-22,33-34,38-43,46-54,57-60H,3-8,11,14,17,20,23-32,35-37H2,1-2H3,(H,64,65)(H2,61,62,63)/b10-9-,13-12-,16-15-,19-18-,22-21-,34-33?/t38-,39+,40-,41-,42-,43+,46+,47+,48-,49+,50+,51-/m0/s1. The van der Waals surface area contributed by atoms with Crippen molar-refractivity contribution in [3.05, 3.63) is 72.9 Å². The molecule has 13 atom stereocenters. The van der Waals surface area contributed by atoms with Crippen LogP contribution in [-0.2, 0) is 41.8 Å². The minimum Gasteiger partial charge on any atom is -0.462 e. The van der Waals surface area contributed by atoms with Gasteiger partial charge < -0.3 is 59.9 Å². The van der Waals surface area contributed by atoms with Gasteiger partial charge in [0.1, 0.15) is 31.0 Å². The predicted octanol–water partition coefficient (Wildman–Crippen LogP) is 6.78. The number of hydrogen-bond donors (Lipinski definition) is 10. The van der Waals surface area contributed by atoms with E-state index in [1.54, 1.807) is 6.08 Å². The van der Waals surface area contributed by atoms with E-state index in [4.69, 9.17) is 23.0 Å². The van der Waals surface area contributed by atoms with Gasteiger partial charge in [-0.2, -0.15) is 0 Å². The van der Waals surface area contributed by atoms with Crippen LogP contribution in [0.25, 0.3) is 0 Å². The number of phosphoric acid groups is 2. The number of phosphoric ester groups is 2. The van der Waals surface area contributed by atoms with Crippen LogP contribution in [0.2, 0.25) is 0 Å². The first-order valence-corrected chi connectivity index (χ1v) is 28.8. The summed E-state index contributed by atoms with van der Waals surface area (Å²) in [6.07, 6.45) is 13.6. The number of aliphatic hydroxyl groups excluding tert-OH is 7. The molecule has 0 spiro atoms. The molecule has 2 fully saturated rings. The van der Waals surface area contributed by atoms with Crippen molar-refractivity contribution in [2.75, 3.05) is 13.2 Å². The first-order valence-electron chi connectivity index (χ1n) is 25.7. The molecule has 0 aromatic heterocycles. The Morgan fingerprint density at radius 2 is 1.35 bits per heavy atom. The van der Waals surface area contributed by atoms with Crippen molar-refractivity contribution >= 4 is 27.6 Å². The van der Waals surface area contributed by atoms with Gasteiger partial charge >= 0.3 is 27.6 Å². The molecule has 2 aliphatic rings. The molecule has 1 saturated carbocycles. The Balaban J connectivity index is 2.24. The fourth-order valence-corrected chi connectivity index (χ4v) is 9.80. The van der Waals surface area contributed by atoms with Crippen LogP contribution in [0.1, 0.15) is 149 Å². The highest BCUT2D eigenvalue weighted by Crippen LogP contribution is 2.50. The van der Waals surface area contributed by atoms with E-state index in [-0.39, 0.29) is 32.1 Å². The number of unbranched alkanes of at least 4 members (excludes halogenated alkanes) is 5. The summed E-state index contributed by atoms with van der Waals surface area (Å²) < 4.78 is 52.2. The predicted molar refractivity (Wildman–Crippen MR) is 271 cm³/mol. The molecule has 0 radical (unpaired) electrons. The van der Waals surface area contributed by atoms with E-state index in [9.17, 15) is 69.1 Å². The molecule has 0 aromatic carbocycles. The molecule has 72 heavy (non-hydrogen) atoms. The van der Waals surface area contributed by atoms with Gasteiger partial charge in [0.25, 0.3) is 0 Å². The molecule has 414 valence electrons. The van der Waals surface area contributed by atoms with Gasteiger partial charge in [0.2, 0.25) is 0 Å². The third-order valence-corrected chi connectivity index (χ3v) is 13.9. The summed E-state index contributed by atoms with van der Waals surface area (Å²) in [5, 5.41) is 79.8. The van der Waals surface area contributed by atoms with E-state index in [0.717, 1.165) is 44.6 Å². The largest absolute Gasteiger partial charge is 0.472 e. The molecule has 10 N–H and O–H groups in total. The average Bonchev–Trinajstić information content (AvgIpc) is 3.32. The van der Waals surface area contributed by atoms with Gasteiger partial charge in [0, 0.05) is 31.1 Å². The van der Waals surface area contributed by atoms with Gasteiger partial charge in [0.05, 0.1) is 37.1 Å². The molecule has 1 saturated heterocycles. The SMILES string of the molecule is CCCCC/C=C\C/C=C\C/C=C\C/C=C\C/C=C\CCC(=O)OC[C@@H]1COP(=O)(O)O[C@H]2[C@H](O)[C@@H](O)[C@H](O)[C@@H](CCCCCCC(=O)O1)[C@@H](O)C[C@@H](O)[C@H](C=C[C@@H](O)CCCCC)[C@@H](O)[C@H]2OP(=O)(O)O. The van der Waals surface area contributed by atoms with E-state index in [0.29, 0.717) is 38.5 Å². The molecule has 1 aliphatic heterocycles. The first-order chi connectivity index (χ1) is 34.3. The smallest absolute Gasteiger partial charge is 0.462 e. The summed E-state index contributed by atoms with van der Waals surface area (Å²) in [6, 6.07) is 0. The molecule has 1 unspecified atom stereocenters. The van der Waals surface area contributed by atoms with Crippen LogP contribution in [0.15, 0.2) is 72.9 Å².